The van der Waals surface area contributed by atoms with Crippen molar-refractivity contribution < 1.29 is 27.6 Å². The van der Waals surface area contributed by atoms with Crippen LogP contribution >= 0.6 is 15.9 Å². The van der Waals surface area contributed by atoms with Gasteiger partial charge in [-0.25, -0.2) is 9.69 Å². The lowest BCUT2D eigenvalue weighted by molar-refractivity contribution is -0.137. The minimum absolute atomic E-state index is 0.290. The zero-order chi connectivity index (χ0) is 19.8. The summed E-state index contributed by atoms with van der Waals surface area (Å²) in [6.45, 7) is 0. The fourth-order valence-electron chi connectivity index (χ4n) is 2.44. The standard InChI is InChI=1S/C18H10BrF3N2O3/c19-12-6-4-10(5-7-12)8-14-15(25)23-17(27)24(16(14)26)13-3-1-2-11(9-13)18(20,21)22/h1-9H,(H,23,25,27)/b14-8+. The zero-order valence-electron chi connectivity index (χ0n) is 13.4. The first-order valence-corrected chi connectivity index (χ1v) is 8.30. The lowest BCUT2D eigenvalue weighted by atomic mass is 10.1. The topological polar surface area (TPSA) is 66.5 Å². The van der Waals surface area contributed by atoms with Gasteiger partial charge in [-0.3, -0.25) is 14.9 Å². The van der Waals surface area contributed by atoms with E-state index in [0.717, 1.165) is 16.6 Å². The van der Waals surface area contributed by atoms with E-state index in [1.807, 2.05) is 5.32 Å². The number of anilines is 1. The molecule has 1 heterocycles. The summed E-state index contributed by atoms with van der Waals surface area (Å²) >= 11 is 3.25. The van der Waals surface area contributed by atoms with E-state index in [4.69, 9.17) is 0 Å². The largest absolute Gasteiger partial charge is 0.416 e. The molecule has 1 saturated heterocycles. The number of hydrogen-bond donors (Lipinski definition) is 1. The molecule has 0 atom stereocenters. The first kappa shape index (κ1) is 18.8. The summed E-state index contributed by atoms with van der Waals surface area (Å²) in [5, 5.41) is 1.97. The van der Waals surface area contributed by atoms with Crippen molar-refractivity contribution >= 4 is 45.5 Å². The molecule has 2 aromatic rings. The van der Waals surface area contributed by atoms with Gasteiger partial charge in [0.1, 0.15) is 5.57 Å². The van der Waals surface area contributed by atoms with Crippen molar-refractivity contribution in [3.8, 4) is 0 Å². The number of carbonyl (C=O) groups is 3. The van der Waals surface area contributed by atoms with E-state index in [2.05, 4.69) is 15.9 Å². The molecule has 0 unspecified atom stereocenters. The Balaban J connectivity index is 2.02. The molecule has 3 rings (SSSR count). The third-order valence-corrected chi connectivity index (χ3v) is 4.24. The molecule has 1 aliphatic rings. The molecule has 0 saturated carbocycles. The summed E-state index contributed by atoms with van der Waals surface area (Å²) in [6.07, 6.45) is -3.38. The lowest BCUT2D eigenvalue weighted by Crippen LogP contribution is -2.54. The van der Waals surface area contributed by atoms with E-state index in [0.29, 0.717) is 16.5 Å². The van der Waals surface area contributed by atoms with Gasteiger partial charge in [0, 0.05) is 4.47 Å². The molecule has 5 nitrogen and oxygen atoms in total. The number of carbonyl (C=O) groups excluding carboxylic acids is 3. The summed E-state index contributed by atoms with van der Waals surface area (Å²) in [5.74, 6) is -1.93. The normalized spacial score (nSPS) is 16.7. The fourth-order valence-corrected chi connectivity index (χ4v) is 2.70. The van der Waals surface area contributed by atoms with Crippen LogP contribution in [0.15, 0.2) is 58.6 Å². The van der Waals surface area contributed by atoms with Crippen molar-refractivity contribution in [3.05, 3.63) is 69.7 Å². The summed E-state index contributed by atoms with van der Waals surface area (Å²) in [6, 6.07) is 9.26. The van der Waals surface area contributed by atoms with E-state index in [1.54, 1.807) is 24.3 Å². The first-order chi connectivity index (χ1) is 12.7. The van der Waals surface area contributed by atoms with Gasteiger partial charge in [0.05, 0.1) is 11.3 Å². The van der Waals surface area contributed by atoms with Crippen LogP contribution in [0.25, 0.3) is 6.08 Å². The van der Waals surface area contributed by atoms with Crippen molar-refractivity contribution in [2.45, 2.75) is 6.18 Å². The van der Waals surface area contributed by atoms with Crippen LogP contribution in [0.2, 0.25) is 0 Å². The predicted molar refractivity (Wildman–Crippen MR) is 94.6 cm³/mol. The molecule has 9 heteroatoms. The second kappa shape index (κ2) is 6.99. The molecule has 138 valence electrons. The molecule has 27 heavy (non-hydrogen) atoms. The molecule has 0 spiro atoms. The Morgan fingerprint density at radius 3 is 2.30 bits per heavy atom. The van der Waals surface area contributed by atoms with Crippen LogP contribution in [0.4, 0.5) is 23.7 Å². The number of amides is 4. The SMILES string of the molecule is O=C1NC(=O)N(c2cccc(C(F)(F)F)c2)C(=O)/C1=C/c1ccc(Br)cc1. The third kappa shape index (κ3) is 3.92. The van der Waals surface area contributed by atoms with Crippen molar-refractivity contribution in [2.75, 3.05) is 4.90 Å². The Bertz CT molecular complexity index is 969. The minimum atomic E-state index is -4.64. The maximum atomic E-state index is 12.9. The van der Waals surface area contributed by atoms with Gasteiger partial charge in [-0.15, -0.1) is 0 Å². The van der Waals surface area contributed by atoms with Crippen LogP contribution < -0.4 is 10.2 Å². The highest BCUT2D eigenvalue weighted by Gasteiger charge is 2.38. The van der Waals surface area contributed by atoms with Gasteiger partial charge < -0.3 is 0 Å². The molecule has 4 amide bonds. The number of benzene rings is 2. The molecule has 0 radical (unpaired) electrons. The molecular weight excluding hydrogens is 429 g/mol. The zero-order valence-corrected chi connectivity index (χ0v) is 15.0. The lowest BCUT2D eigenvalue weighted by Gasteiger charge is -2.26. The van der Waals surface area contributed by atoms with Gasteiger partial charge in [-0.05, 0) is 42.0 Å². The molecule has 1 N–H and O–H groups in total. The quantitative estimate of drug-likeness (QED) is 0.566. The van der Waals surface area contributed by atoms with Crippen LogP contribution in [-0.4, -0.2) is 17.8 Å². The molecule has 0 aliphatic carbocycles. The van der Waals surface area contributed by atoms with Crippen LogP contribution in [0.3, 0.4) is 0 Å². The number of imide groups is 2. The summed E-state index contributed by atoms with van der Waals surface area (Å²) < 4.78 is 39.5. The minimum Gasteiger partial charge on any atom is -0.273 e. The van der Waals surface area contributed by atoms with E-state index >= 15 is 0 Å². The maximum absolute atomic E-state index is 12.9. The Morgan fingerprint density at radius 1 is 1.00 bits per heavy atom. The fraction of sp³-hybridized carbons (Fsp3) is 0.0556. The number of nitrogens with zero attached hydrogens (tertiary/aromatic N) is 1. The van der Waals surface area contributed by atoms with Crippen LogP contribution in [0, 0.1) is 0 Å². The average Bonchev–Trinajstić information content (AvgIpc) is 2.59. The highest BCUT2D eigenvalue weighted by Crippen LogP contribution is 2.32. The van der Waals surface area contributed by atoms with Gasteiger partial charge in [0.15, 0.2) is 0 Å². The van der Waals surface area contributed by atoms with Gasteiger partial charge in [-0.1, -0.05) is 34.1 Å². The average molecular weight is 439 g/mol. The van der Waals surface area contributed by atoms with Crippen LogP contribution in [0.1, 0.15) is 11.1 Å². The van der Waals surface area contributed by atoms with E-state index < -0.39 is 29.6 Å². The Hall–Kier alpha value is -2.94. The molecule has 0 bridgehead atoms. The predicted octanol–water partition coefficient (Wildman–Crippen LogP) is 4.13. The number of alkyl halides is 3. The second-order valence-electron chi connectivity index (χ2n) is 5.56. The summed E-state index contributed by atoms with van der Waals surface area (Å²) in [4.78, 5) is 37.3. The summed E-state index contributed by atoms with van der Waals surface area (Å²) in [7, 11) is 0. The van der Waals surface area contributed by atoms with Crippen molar-refractivity contribution in [1.29, 1.82) is 0 Å². The number of barbiturate groups is 1. The van der Waals surface area contributed by atoms with Gasteiger partial charge in [0.25, 0.3) is 11.8 Å². The first-order valence-electron chi connectivity index (χ1n) is 7.51. The number of rotatable bonds is 2. The van der Waals surface area contributed by atoms with E-state index in [9.17, 15) is 27.6 Å². The highest BCUT2D eigenvalue weighted by atomic mass is 79.9. The smallest absolute Gasteiger partial charge is 0.273 e. The van der Waals surface area contributed by atoms with Crippen molar-refractivity contribution in [2.24, 2.45) is 0 Å². The van der Waals surface area contributed by atoms with Gasteiger partial charge in [-0.2, -0.15) is 13.2 Å². The second-order valence-corrected chi connectivity index (χ2v) is 6.47. The van der Waals surface area contributed by atoms with Crippen LogP contribution in [0.5, 0.6) is 0 Å². The number of halogens is 4. The van der Waals surface area contributed by atoms with E-state index in [1.165, 1.54) is 12.1 Å². The Labute approximate surface area is 159 Å². The van der Waals surface area contributed by atoms with E-state index in [-0.39, 0.29) is 11.3 Å². The molecule has 0 aromatic heterocycles. The Morgan fingerprint density at radius 2 is 1.67 bits per heavy atom. The summed E-state index contributed by atoms with van der Waals surface area (Å²) in [5.41, 5.74) is -1.16. The Kier molecular flexibility index (Phi) is 4.88. The third-order valence-electron chi connectivity index (χ3n) is 3.71. The highest BCUT2D eigenvalue weighted by molar-refractivity contribution is 9.10. The number of urea groups is 1. The van der Waals surface area contributed by atoms with Gasteiger partial charge in [0.2, 0.25) is 0 Å². The van der Waals surface area contributed by atoms with Crippen LogP contribution in [-0.2, 0) is 15.8 Å². The molecule has 2 aromatic carbocycles. The van der Waals surface area contributed by atoms with Crippen molar-refractivity contribution in [1.82, 2.24) is 5.32 Å². The number of hydrogen-bond acceptors (Lipinski definition) is 3. The van der Waals surface area contributed by atoms with Crippen molar-refractivity contribution in [3.63, 3.8) is 0 Å². The monoisotopic (exact) mass is 438 g/mol. The maximum Gasteiger partial charge on any atom is 0.416 e. The number of nitrogens with one attached hydrogen (secondary N) is 1. The molecule has 1 fully saturated rings. The molecular formula is C18H10BrF3N2O3. The van der Waals surface area contributed by atoms with Gasteiger partial charge >= 0.3 is 12.2 Å². The molecule has 1 aliphatic heterocycles.